The zero-order valence-electron chi connectivity index (χ0n) is 14.5. The number of Topliss-reactive ketones (excluding diaryl/α,β-unsaturated/α-hetero) is 1. The Morgan fingerprint density at radius 2 is 2.12 bits per heavy atom. The van der Waals surface area contributed by atoms with Gasteiger partial charge in [0.1, 0.15) is 22.5 Å². The summed E-state index contributed by atoms with van der Waals surface area (Å²) in [4.78, 5) is 15.7. The molecule has 1 aliphatic heterocycles. The number of hydrogen-bond donors (Lipinski definition) is 0. The molecule has 1 fully saturated rings. The van der Waals surface area contributed by atoms with Crippen molar-refractivity contribution in [1.82, 2.24) is 14.8 Å². The van der Waals surface area contributed by atoms with Crippen molar-refractivity contribution in [3.8, 4) is 6.07 Å². The Morgan fingerprint density at radius 1 is 1.35 bits per heavy atom. The molecule has 2 aliphatic rings. The van der Waals surface area contributed by atoms with Gasteiger partial charge in [-0.2, -0.15) is 5.26 Å². The van der Waals surface area contributed by atoms with Crippen molar-refractivity contribution >= 4 is 35.0 Å². The van der Waals surface area contributed by atoms with E-state index in [9.17, 15) is 10.1 Å². The number of para-hydroxylation sites is 1. The summed E-state index contributed by atoms with van der Waals surface area (Å²) in [6.45, 7) is 0. The Hall–Kier alpha value is -2.24. The normalized spacial score (nSPS) is 17.8. The van der Waals surface area contributed by atoms with Gasteiger partial charge in [0, 0.05) is 24.9 Å². The van der Waals surface area contributed by atoms with Crippen LogP contribution >= 0.6 is 23.5 Å². The van der Waals surface area contributed by atoms with E-state index in [1.165, 1.54) is 23.5 Å². The second-order valence-electron chi connectivity index (χ2n) is 6.31. The van der Waals surface area contributed by atoms with Crippen molar-refractivity contribution in [3.63, 3.8) is 0 Å². The Labute approximate surface area is 160 Å². The van der Waals surface area contributed by atoms with Crippen molar-refractivity contribution in [2.24, 2.45) is 7.05 Å². The van der Waals surface area contributed by atoms with Gasteiger partial charge in [-0.05, 0) is 25.0 Å². The minimum Gasteiger partial charge on any atom is -0.337 e. The first-order chi connectivity index (χ1) is 12.6. The van der Waals surface area contributed by atoms with Crippen molar-refractivity contribution in [2.45, 2.75) is 28.8 Å². The number of fused-ring (bicyclic) bond motifs is 1. The van der Waals surface area contributed by atoms with Crippen LogP contribution in [0.1, 0.15) is 24.6 Å². The number of hydrogen-bond acceptors (Lipinski definition) is 7. The predicted molar refractivity (Wildman–Crippen MR) is 102 cm³/mol. The molecule has 1 aromatic carbocycles. The fourth-order valence-electron chi connectivity index (χ4n) is 2.90. The lowest BCUT2D eigenvalue weighted by atomic mass is 10.2. The molecular weight excluding hydrogens is 366 g/mol. The maximum atomic E-state index is 12.7. The maximum Gasteiger partial charge on any atom is 0.191 e. The molecule has 0 atom stereocenters. The monoisotopic (exact) mass is 383 g/mol. The van der Waals surface area contributed by atoms with Crippen LogP contribution in [-0.2, 0) is 11.8 Å². The minimum atomic E-state index is -0.185. The van der Waals surface area contributed by atoms with Crippen LogP contribution in [0.25, 0.3) is 0 Å². The molecule has 0 saturated heterocycles. The number of benzene rings is 1. The Morgan fingerprint density at radius 3 is 2.81 bits per heavy atom. The summed E-state index contributed by atoms with van der Waals surface area (Å²) in [6.07, 6.45) is 2.31. The summed E-state index contributed by atoms with van der Waals surface area (Å²) in [7, 11) is 3.82. The zero-order valence-corrected chi connectivity index (χ0v) is 16.1. The van der Waals surface area contributed by atoms with Gasteiger partial charge in [-0.1, -0.05) is 35.7 Å². The highest BCUT2D eigenvalue weighted by Crippen LogP contribution is 2.46. The lowest BCUT2D eigenvalue weighted by molar-refractivity contribution is -0.112. The molecule has 0 N–H and O–H groups in total. The summed E-state index contributed by atoms with van der Waals surface area (Å²) < 4.78 is 1.96. The predicted octanol–water partition coefficient (Wildman–Crippen LogP) is 3.33. The van der Waals surface area contributed by atoms with Crippen LogP contribution in [0.15, 0.2) is 44.9 Å². The van der Waals surface area contributed by atoms with E-state index >= 15 is 0 Å². The number of aromatic nitrogens is 3. The molecule has 0 bridgehead atoms. The molecule has 2 heterocycles. The average Bonchev–Trinajstić information content (AvgIpc) is 3.35. The lowest BCUT2D eigenvalue weighted by Crippen LogP contribution is -2.16. The molecule has 26 heavy (non-hydrogen) atoms. The van der Waals surface area contributed by atoms with Crippen molar-refractivity contribution in [2.75, 3.05) is 17.7 Å². The number of thioether (sulfide) groups is 2. The number of anilines is 1. The average molecular weight is 384 g/mol. The van der Waals surface area contributed by atoms with Gasteiger partial charge in [-0.15, -0.1) is 10.2 Å². The number of nitrogens with zero attached hydrogens (tertiary/aromatic N) is 5. The second kappa shape index (κ2) is 6.82. The van der Waals surface area contributed by atoms with E-state index in [0.29, 0.717) is 10.9 Å². The van der Waals surface area contributed by atoms with Crippen LogP contribution in [0.5, 0.6) is 0 Å². The van der Waals surface area contributed by atoms with E-state index in [1.807, 2.05) is 47.8 Å². The smallest absolute Gasteiger partial charge is 0.191 e. The van der Waals surface area contributed by atoms with Gasteiger partial charge in [0.05, 0.1) is 11.4 Å². The Balaban J connectivity index is 1.51. The number of allylic oxidation sites excluding steroid dienone is 1. The summed E-state index contributed by atoms with van der Waals surface area (Å²) in [5.74, 6) is 1.49. The first-order valence-electron chi connectivity index (χ1n) is 8.30. The van der Waals surface area contributed by atoms with Crippen LogP contribution in [0.2, 0.25) is 0 Å². The molecular formula is C18H17N5OS2. The molecule has 2 aromatic rings. The van der Waals surface area contributed by atoms with E-state index in [2.05, 4.69) is 16.3 Å². The van der Waals surface area contributed by atoms with E-state index in [4.69, 9.17) is 0 Å². The van der Waals surface area contributed by atoms with Crippen LogP contribution in [-0.4, -0.2) is 33.3 Å². The van der Waals surface area contributed by atoms with Crippen LogP contribution in [0.4, 0.5) is 5.69 Å². The third-order valence-electron chi connectivity index (χ3n) is 4.49. The SMILES string of the molecule is CN1/C(=C(/C#N)C(=O)CSc2nnc(C3CC3)n2C)Sc2ccccc21. The highest BCUT2D eigenvalue weighted by Gasteiger charge is 2.30. The summed E-state index contributed by atoms with van der Waals surface area (Å²) in [5, 5.41) is 19.4. The molecule has 6 nitrogen and oxygen atoms in total. The molecule has 0 spiro atoms. The van der Waals surface area contributed by atoms with Gasteiger partial charge >= 0.3 is 0 Å². The summed E-state index contributed by atoms with van der Waals surface area (Å²) >= 11 is 2.80. The first-order valence-corrected chi connectivity index (χ1v) is 10.1. The first kappa shape index (κ1) is 17.2. The molecule has 4 rings (SSSR count). The molecule has 8 heteroatoms. The number of ketones is 1. The van der Waals surface area contributed by atoms with E-state index in [1.54, 1.807) is 0 Å². The van der Waals surface area contributed by atoms with Gasteiger partial charge in [-0.25, -0.2) is 0 Å². The van der Waals surface area contributed by atoms with Gasteiger partial charge in [-0.3, -0.25) is 4.79 Å². The fourth-order valence-corrected chi connectivity index (χ4v) is 4.85. The number of nitriles is 1. The van der Waals surface area contributed by atoms with E-state index in [-0.39, 0.29) is 17.1 Å². The maximum absolute atomic E-state index is 12.7. The van der Waals surface area contributed by atoms with Gasteiger partial charge in [0.25, 0.3) is 0 Å². The number of rotatable bonds is 5. The Kier molecular flexibility index (Phi) is 4.51. The number of carbonyl (C=O) groups excluding carboxylic acids is 1. The van der Waals surface area contributed by atoms with Crippen LogP contribution in [0, 0.1) is 11.3 Å². The molecule has 1 saturated carbocycles. The third kappa shape index (κ3) is 3.02. The minimum absolute atomic E-state index is 0.174. The molecule has 132 valence electrons. The van der Waals surface area contributed by atoms with Crippen molar-refractivity contribution < 1.29 is 4.79 Å². The fraction of sp³-hybridized carbons (Fsp3) is 0.333. The third-order valence-corrected chi connectivity index (χ3v) is 6.74. The number of carbonyl (C=O) groups is 1. The molecule has 1 aromatic heterocycles. The van der Waals surface area contributed by atoms with Gasteiger partial charge in [0.15, 0.2) is 10.9 Å². The van der Waals surface area contributed by atoms with Gasteiger partial charge in [0.2, 0.25) is 0 Å². The molecule has 0 amide bonds. The summed E-state index contributed by atoms with van der Waals surface area (Å²) in [6, 6.07) is 10.00. The van der Waals surface area contributed by atoms with E-state index in [0.717, 1.165) is 34.4 Å². The lowest BCUT2D eigenvalue weighted by Gasteiger charge is -2.14. The topological polar surface area (TPSA) is 74.8 Å². The van der Waals surface area contributed by atoms with Crippen LogP contribution in [0.3, 0.4) is 0 Å². The van der Waals surface area contributed by atoms with E-state index < -0.39 is 0 Å². The van der Waals surface area contributed by atoms with Crippen LogP contribution < -0.4 is 4.90 Å². The van der Waals surface area contributed by atoms with Gasteiger partial charge < -0.3 is 9.47 Å². The molecule has 0 radical (unpaired) electrons. The standard InChI is InChI=1S/C18H17N5OS2/c1-22-13-5-3-4-6-15(13)26-17(22)12(9-19)14(24)10-25-18-21-20-16(23(18)2)11-7-8-11/h3-6,11H,7-8,10H2,1-2H3/b17-12+. The largest absolute Gasteiger partial charge is 0.337 e. The highest BCUT2D eigenvalue weighted by molar-refractivity contribution is 8.03. The van der Waals surface area contributed by atoms with Crippen molar-refractivity contribution in [3.05, 3.63) is 40.7 Å². The quantitative estimate of drug-likeness (QED) is 0.445. The molecule has 0 unspecified atom stereocenters. The molecule has 1 aliphatic carbocycles. The Bertz CT molecular complexity index is 955. The second-order valence-corrected chi connectivity index (χ2v) is 8.28. The highest BCUT2D eigenvalue weighted by atomic mass is 32.2. The van der Waals surface area contributed by atoms with Crippen molar-refractivity contribution in [1.29, 1.82) is 5.26 Å². The summed E-state index contributed by atoms with van der Waals surface area (Å²) in [5.41, 5.74) is 1.22. The zero-order chi connectivity index (χ0) is 18.3.